The van der Waals surface area contributed by atoms with E-state index < -0.39 is 5.60 Å². The molecular weight excluding hydrogens is 522 g/mol. The quantitative estimate of drug-likeness (QED) is 0.186. The Labute approximate surface area is 245 Å². The maximum absolute atomic E-state index is 13.1. The number of carbonyl (C=O) groups is 2. The van der Waals surface area contributed by atoms with Crippen LogP contribution in [0.1, 0.15) is 52.1 Å². The zero-order chi connectivity index (χ0) is 29.8. The summed E-state index contributed by atoms with van der Waals surface area (Å²) >= 11 is 0. The van der Waals surface area contributed by atoms with Crippen molar-refractivity contribution in [3.05, 3.63) is 36.0 Å². The third-order valence-corrected chi connectivity index (χ3v) is 7.29. The molecule has 1 amide bonds. The minimum absolute atomic E-state index is 0.225. The van der Waals surface area contributed by atoms with Crippen LogP contribution < -0.4 is 5.32 Å². The fourth-order valence-electron chi connectivity index (χ4n) is 4.94. The average Bonchev–Trinajstić information content (AvgIpc) is 3.26. The fraction of sp³-hybridized carbons (Fsp3) is 0.677. The maximum atomic E-state index is 13.1. The van der Waals surface area contributed by atoms with Gasteiger partial charge in [-0.25, -0.2) is 10.0 Å². The molecule has 3 rings (SSSR count). The highest BCUT2D eigenvalue weighted by Gasteiger charge is 2.23. The predicted molar refractivity (Wildman–Crippen MR) is 161 cm³/mol. The lowest BCUT2D eigenvalue weighted by atomic mass is 10.0. The van der Waals surface area contributed by atoms with Gasteiger partial charge in [-0.15, -0.1) is 0 Å². The highest BCUT2D eigenvalue weighted by Crippen LogP contribution is 2.22. The molecule has 1 aromatic carbocycles. The summed E-state index contributed by atoms with van der Waals surface area (Å²) in [4.78, 5) is 26.8. The van der Waals surface area contributed by atoms with Crippen molar-refractivity contribution in [3.63, 3.8) is 0 Å². The molecule has 1 aliphatic rings. The molecule has 10 nitrogen and oxygen atoms in total. The molecule has 0 unspecified atom stereocenters. The number of hydrogen-bond donors (Lipinski definition) is 1. The number of nitrogens with one attached hydrogen (secondary N) is 1. The van der Waals surface area contributed by atoms with Gasteiger partial charge in [-0.1, -0.05) is 18.2 Å². The SMILES string of the molecule is CN(C)N(C)Cc1cc2ccccc2n1CCC(=O)N1CCC(NCCOCCOCCC(=O)OC(C)(C)C)CC1. The van der Waals surface area contributed by atoms with Crippen LogP contribution in [-0.4, -0.2) is 110 Å². The summed E-state index contributed by atoms with van der Waals surface area (Å²) in [6, 6.07) is 11.0. The molecule has 0 spiro atoms. The van der Waals surface area contributed by atoms with E-state index in [-0.39, 0.29) is 18.3 Å². The summed E-state index contributed by atoms with van der Waals surface area (Å²) in [5.41, 5.74) is 1.93. The van der Waals surface area contributed by atoms with Crippen molar-refractivity contribution in [2.24, 2.45) is 0 Å². The largest absolute Gasteiger partial charge is 0.460 e. The van der Waals surface area contributed by atoms with E-state index in [0.29, 0.717) is 45.4 Å². The lowest BCUT2D eigenvalue weighted by Gasteiger charge is -2.32. The van der Waals surface area contributed by atoms with E-state index in [1.807, 2.05) is 39.8 Å². The number of esters is 1. The molecule has 10 heteroatoms. The van der Waals surface area contributed by atoms with Crippen LogP contribution in [0.2, 0.25) is 0 Å². The topological polar surface area (TPSA) is 88.5 Å². The first-order valence-corrected chi connectivity index (χ1v) is 14.9. The first-order chi connectivity index (χ1) is 19.5. The highest BCUT2D eigenvalue weighted by molar-refractivity contribution is 5.82. The zero-order valence-electron chi connectivity index (χ0n) is 26.0. The van der Waals surface area contributed by atoms with Crippen LogP contribution in [0.4, 0.5) is 0 Å². The smallest absolute Gasteiger partial charge is 0.308 e. The van der Waals surface area contributed by atoms with Gasteiger partial charge in [0.25, 0.3) is 0 Å². The molecule has 0 saturated carbocycles. The summed E-state index contributed by atoms with van der Waals surface area (Å²) in [7, 11) is 6.15. The number of hydrogen-bond acceptors (Lipinski definition) is 8. The lowest BCUT2D eigenvalue weighted by Crippen LogP contribution is -2.45. The molecule has 1 saturated heterocycles. The van der Waals surface area contributed by atoms with E-state index in [0.717, 1.165) is 39.0 Å². The van der Waals surface area contributed by atoms with E-state index in [9.17, 15) is 9.59 Å². The Morgan fingerprint density at radius 1 is 0.976 bits per heavy atom. The lowest BCUT2D eigenvalue weighted by molar-refractivity contribution is -0.156. The summed E-state index contributed by atoms with van der Waals surface area (Å²) in [5, 5.41) is 9.00. The Morgan fingerprint density at radius 3 is 2.34 bits per heavy atom. The third kappa shape index (κ3) is 11.4. The number of fused-ring (bicyclic) bond motifs is 1. The minimum Gasteiger partial charge on any atom is -0.460 e. The third-order valence-electron chi connectivity index (χ3n) is 7.29. The number of carbonyl (C=O) groups excluding carboxylic acids is 2. The van der Waals surface area contributed by atoms with Crippen molar-refractivity contribution in [1.29, 1.82) is 0 Å². The number of hydrazine groups is 1. The Kier molecular flexibility index (Phi) is 13.1. The van der Waals surface area contributed by atoms with Gasteiger partial charge in [-0.3, -0.25) is 9.59 Å². The van der Waals surface area contributed by atoms with E-state index in [2.05, 4.69) is 57.3 Å². The van der Waals surface area contributed by atoms with E-state index in [1.165, 1.54) is 16.6 Å². The van der Waals surface area contributed by atoms with E-state index >= 15 is 0 Å². The first kappa shape index (κ1) is 33.0. The van der Waals surface area contributed by atoms with Crippen LogP contribution in [0.15, 0.2) is 30.3 Å². The number of aryl methyl sites for hydroxylation is 1. The molecule has 230 valence electrons. The van der Waals surface area contributed by atoms with Gasteiger partial charge >= 0.3 is 5.97 Å². The predicted octanol–water partition coefficient (Wildman–Crippen LogP) is 3.29. The number of amides is 1. The second-order valence-electron chi connectivity index (χ2n) is 11.9. The monoisotopic (exact) mass is 573 g/mol. The van der Waals surface area contributed by atoms with Crippen LogP contribution in [0.3, 0.4) is 0 Å². The van der Waals surface area contributed by atoms with Crippen LogP contribution in [-0.2, 0) is 36.9 Å². The second-order valence-corrected chi connectivity index (χ2v) is 11.9. The number of benzene rings is 1. The van der Waals surface area contributed by atoms with Gasteiger partial charge in [0.15, 0.2) is 0 Å². The van der Waals surface area contributed by atoms with Gasteiger partial charge in [-0.2, -0.15) is 0 Å². The van der Waals surface area contributed by atoms with Crippen LogP contribution >= 0.6 is 0 Å². The summed E-state index contributed by atoms with van der Waals surface area (Å²) < 4.78 is 18.7. The zero-order valence-corrected chi connectivity index (χ0v) is 26.0. The van der Waals surface area contributed by atoms with Crippen molar-refractivity contribution in [1.82, 2.24) is 24.8 Å². The molecule has 0 radical (unpaired) electrons. The number of rotatable bonds is 16. The molecule has 0 bridgehead atoms. The van der Waals surface area contributed by atoms with Crippen molar-refractivity contribution >= 4 is 22.8 Å². The van der Waals surface area contributed by atoms with Gasteiger partial charge in [-0.05, 0) is 51.1 Å². The van der Waals surface area contributed by atoms with Gasteiger partial charge < -0.3 is 29.0 Å². The molecule has 1 fully saturated rings. The molecular formula is C31H51N5O5. The van der Waals surface area contributed by atoms with Crippen molar-refractivity contribution in [2.45, 2.75) is 71.2 Å². The Bertz CT molecular complexity index is 1090. The molecule has 0 aliphatic carbocycles. The summed E-state index contributed by atoms with van der Waals surface area (Å²) in [5.74, 6) is -0.0224. The number of nitrogens with zero attached hydrogens (tertiary/aromatic N) is 4. The molecule has 1 aliphatic heterocycles. The fourth-order valence-corrected chi connectivity index (χ4v) is 4.94. The molecule has 1 N–H and O–H groups in total. The van der Waals surface area contributed by atoms with E-state index in [4.69, 9.17) is 14.2 Å². The van der Waals surface area contributed by atoms with Gasteiger partial charge in [0.2, 0.25) is 5.91 Å². The highest BCUT2D eigenvalue weighted by atomic mass is 16.6. The van der Waals surface area contributed by atoms with Gasteiger partial charge in [0.1, 0.15) is 5.60 Å². The Balaban J connectivity index is 1.29. The number of piperidine rings is 1. The van der Waals surface area contributed by atoms with Crippen LogP contribution in [0, 0.1) is 0 Å². The molecule has 2 aromatic rings. The number of aromatic nitrogens is 1. The number of likely N-dealkylation sites (tertiary alicyclic amines) is 1. The number of ether oxygens (including phenoxy) is 3. The summed E-state index contributed by atoms with van der Waals surface area (Å²) in [6.07, 6.45) is 2.65. The second kappa shape index (κ2) is 16.2. The Morgan fingerprint density at radius 2 is 1.66 bits per heavy atom. The minimum atomic E-state index is -0.466. The van der Waals surface area contributed by atoms with Crippen LogP contribution in [0.25, 0.3) is 10.9 Å². The van der Waals surface area contributed by atoms with Gasteiger partial charge in [0.05, 0.1) is 39.4 Å². The van der Waals surface area contributed by atoms with E-state index in [1.54, 1.807) is 0 Å². The Hall–Kier alpha value is -2.50. The van der Waals surface area contributed by atoms with Crippen molar-refractivity contribution < 1.29 is 23.8 Å². The molecule has 1 aromatic heterocycles. The van der Waals surface area contributed by atoms with Crippen LogP contribution in [0.5, 0.6) is 0 Å². The van der Waals surface area contributed by atoms with Crippen molar-refractivity contribution in [3.8, 4) is 0 Å². The average molecular weight is 574 g/mol. The maximum Gasteiger partial charge on any atom is 0.308 e. The normalized spacial score (nSPS) is 14.9. The first-order valence-electron chi connectivity index (χ1n) is 14.9. The van der Waals surface area contributed by atoms with Crippen molar-refractivity contribution in [2.75, 3.05) is 67.2 Å². The molecule has 41 heavy (non-hydrogen) atoms. The molecule has 0 atom stereocenters. The number of para-hydroxylation sites is 1. The molecule has 2 heterocycles. The van der Waals surface area contributed by atoms with Gasteiger partial charge in [0, 0.05) is 71.0 Å². The summed E-state index contributed by atoms with van der Waals surface area (Å²) in [6.45, 7) is 11.3. The standard InChI is InChI=1S/C31H51N5O5/c1-31(2,3)41-30(38)14-19-39-21-22-40-20-15-32-26-11-16-35(17-12-26)29(37)13-18-36-27(24-34(6)33(4)5)23-25-9-7-8-10-28(25)36/h7-10,23,26,32H,11-22,24H2,1-6H3.